The largest absolute Gasteiger partial charge is 0.395 e. The smallest absolute Gasteiger partial charge is 0.224 e. The number of pyridine rings is 1. The van der Waals surface area contributed by atoms with Crippen LogP contribution in [0.15, 0.2) is 30.3 Å². The number of aliphatic hydroxyl groups excluding tert-OH is 2. The molecule has 0 aliphatic heterocycles. The van der Waals surface area contributed by atoms with E-state index in [4.69, 9.17) is 4.98 Å². The molecule has 6 heteroatoms. The number of carbonyl (C=O) groups excluding carboxylic acids is 1. The molecule has 1 aromatic heterocycles. The van der Waals surface area contributed by atoms with Gasteiger partial charge in [0.2, 0.25) is 5.91 Å². The fourth-order valence-corrected chi connectivity index (χ4v) is 5.62. The molecule has 0 atom stereocenters. The van der Waals surface area contributed by atoms with Gasteiger partial charge in [-0.05, 0) is 54.9 Å². The second kappa shape index (κ2) is 9.31. The van der Waals surface area contributed by atoms with Crippen LogP contribution in [0.3, 0.4) is 0 Å². The third kappa shape index (κ3) is 4.60. The van der Waals surface area contributed by atoms with Gasteiger partial charge in [0.25, 0.3) is 0 Å². The molecule has 0 radical (unpaired) electrons. The van der Waals surface area contributed by atoms with Gasteiger partial charge in [0, 0.05) is 24.9 Å². The van der Waals surface area contributed by atoms with Gasteiger partial charge in [0.15, 0.2) is 0 Å². The van der Waals surface area contributed by atoms with Crippen molar-refractivity contribution in [1.82, 2.24) is 4.98 Å². The van der Waals surface area contributed by atoms with Gasteiger partial charge in [-0.2, -0.15) is 0 Å². The second-order valence-electron chi connectivity index (χ2n) is 9.06. The Balaban J connectivity index is 1.50. The number of nitrogens with one attached hydrogen (secondary N) is 1. The number of anilines is 2. The van der Waals surface area contributed by atoms with E-state index in [-0.39, 0.29) is 24.5 Å². The van der Waals surface area contributed by atoms with Crippen molar-refractivity contribution in [3.63, 3.8) is 0 Å². The zero-order chi connectivity index (χ0) is 21.0. The van der Waals surface area contributed by atoms with Gasteiger partial charge in [0.05, 0.1) is 24.4 Å². The van der Waals surface area contributed by atoms with Crippen LogP contribution in [-0.4, -0.2) is 47.4 Å². The summed E-state index contributed by atoms with van der Waals surface area (Å²) in [6, 6.07) is 9.62. The van der Waals surface area contributed by atoms with E-state index in [2.05, 4.69) is 5.32 Å². The lowest BCUT2D eigenvalue weighted by atomic mass is 9.60. The first-order valence-electron chi connectivity index (χ1n) is 11.3. The van der Waals surface area contributed by atoms with Gasteiger partial charge in [-0.15, -0.1) is 0 Å². The summed E-state index contributed by atoms with van der Waals surface area (Å²) in [5.41, 5.74) is 1.79. The first-order chi connectivity index (χ1) is 14.6. The van der Waals surface area contributed by atoms with Crippen molar-refractivity contribution in [2.24, 2.45) is 11.3 Å². The number of hydrogen-bond acceptors (Lipinski definition) is 5. The first kappa shape index (κ1) is 21.1. The van der Waals surface area contributed by atoms with Gasteiger partial charge >= 0.3 is 0 Å². The maximum absolute atomic E-state index is 13.0. The SMILES string of the molecule is O=C(CC12CCCC(CCC1)C2)Nc1cccc2nc(N(CCO)CCO)ccc12. The number of hydrogen-bond donors (Lipinski definition) is 3. The number of amides is 1. The van der Waals surface area contributed by atoms with E-state index in [0.29, 0.717) is 25.3 Å². The number of benzene rings is 1. The Hall–Kier alpha value is -2.18. The summed E-state index contributed by atoms with van der Waals surface area (Å²) in [5.74, 6) is 1.64. The second-order valence-corrected chi connectivity index (χ2v) is 9.06. The van der Waals surface area contributed by atoms with Gasteiger partial charge in [0.1, 0.15) is 5.82 Å². The Morgan fingerprint density at radius 3 is 2.53 bits per heavy atom. The summed E-state index contributed by atoms with van der Waals surface area (Å²) in [5, 5.41) is 22.6. The molecular formula is C24H33N3O3. The summed E-state index contributed by atoms with van der Waals surface area (Å²) in [6.07, 6.45) is 9.40. The third-order valence-corrected chi connectivity index (χ3v) is 6.95. The topological polar surface area (TPSA) is 85.7 Å². The normalized spacial score (nSPS) is 23.3. The number of carbonyl (C=O) groups is 1. The molecule has 1 amide bonds. The van der Waals surface area contributed by atoms with Crippen LogP contribution in [0.2, 0.25) is 0 Å². The molecular weight excluding hydrogens is 378 g/mol. The first-order valence-corrected chi connectivity index (χ1v) is 11.3. The third-order valence-electron chi connectivity index (χ3n) is 6.95. The molecule has 2 aliphatic carbocycles. The van der Waals surface area contributed by atoms with Crippen LogP contribution < -0.4 is 10.2 Å². The fourth-order valence-electron chi connectivity index (χ4n) is 5.62. The molecule has 1 aromatic carbocycles. The number of aromatic nitrogens is 1. The molecule has 4 rings (SSSR count). The maximum Gasteiger partial charge on any atom is 0.224 e. The van der Waals surface area contributed by atoms with Crippen LogP contribution in [0.4, 0.5) is 11.5 Å². The molecule has 2 aromatic rings. The Bertz CT molecular complexity index is 869. The van der Waals surface area contributed by atoms with Crippen LogP contribution in [0, 0.1) is 11.3 Å². The zero-order valence-electron chi connectivity index (χ0n) is 17.6. The van der Waals surface area contributed by atoms with E-state index < -0.39 is 0 Å². The lowest BCUT2D eigenvalue weighted by Crippen LogP contribution is -2.36. The highest BCUT2D eigenvalue weighted by molar-refractivity contribution is 6.01. The molecule has 3 N–H and O–H groups in total. The Kier molecular flexibility index (Phi) is 6.54. The molecule has 0 saturated heterocycles. The lowest BCUT2D eigenvalue weighted by Gasteiger charge is -2.45. The molecule has 2 bridgehead atoms. The van der Waals surface area contributed by atoms with E-state index in [0.717, 1.165) is 22.5 Å². The van der Waals surface area contributed by atoms with Gasteiger partial charge in [-0.3, -0.25) is 4.79 Å². The van der Waals surface area contributed by atoms with Crippen LogP contribution in [-0.2, 0) is 4.79 Å². The van der Waals surface area contributed by atoms with Crippen LogP contribution in [0.5, 0.6) is 0 Å². The van der Waals surface area contributed by atoms with Crippen molar-refractivity contribution < 1.29 is 15.0 Å². The van der Waals surface area contributed by atoms with Gasteiger partial charge in [-0.25, -0.2) is 4.98 Å². The highest BCUT2D eigenvalue weighted by atomic mass is 16.3. The number of rotatable bonds is 8. The quantitative estimate of drug-likeness (QED) is 0.616. The maximum atomic E-state index is 13.0. The average molecular weight is 412 g/mol. The van der Waals surface area contributed by atoms with Crippen molar-refractivity contribution in [3.8, 4) is 0 Å². The zero-order valence-corrected chi connectivity index (χ0v) is 17.6. The van der Waals surface area contributed by atoms with E-state index in [9.17, 15) is 15.0 Å². The van der Waals surface area contributed by atoms with Crippen molar-refractivity contribution in [2.45, 2.75) is 51.4 Å². The van der Waals surface area contributed by atoms with Crippen LogP contribution in [0.1, 0.15) is 51.4 Å². The lowest BCUT2D eigenvalue weighted by molar-refractivity contribution is -0.120. The number of aliphatic hydroxyl groups is 2. The van der Waals surface area contributed by atoms with E-state index in [1.54, 1.807) is 0 Å². The molecule has 1 heterocycles. The van der Waals surface area contributed by atoms with Crippen molar-refractivity contribution >= 4 is 28.3 Å². The number of fused-ring (bicyclic) bond motifs is 3. The summed E-state index contributed by atoms with van der Waals surface area (Å²) in [7, 11) is 0. The minimum atomic E-state index is -0.00157. The molecule has 162 valence electrons. The van der Waals surface area contributed by atoms with Crippen molar-refractivity contribution in [2.75, 3.05) is 36.5 Å². The Labute approximate surface area is 178 Å². The monoisotopic (exact) mass is 411 g/mol. The van der Waals surface area contributed by atoms with E-state index in [1.165, 1.54) is 44.9 Å². The van der Waals surface area contributed by atoms with Crippen molar-refractivity contribution in [1.29, 1.82) is 0 Å². The summed E-state index contributed by atoms with van der Waals surface area (Å²) in [6.45, 7) is 0.827. The van der Waals surface area contributed by atoms with Gasteiger partial charge < -0.3 is 20.4 Å². The average Bonchev–Trinajstić information content (AvgIpc) is 2.73. The molecule has 30 heavy (non-hydrogen) atoms. The molecule has 2 saturated carbocycles. The van der Waals surface area contributed by atoms with Gasteiger partial charge in [-0.1, -0.05) is 31.7 Å². The minimum Gasteiger partial charge on any atom is -0.395 e. The minimum absolute atomic E-state index is 0.00157. The van der Waals surface area contributed by atoms with Crippen molar-refractivity contribution in [3.05, 3.63) is 30.3 Å². The Morgan fingerprint density at radius 2 is 1.83 bits per heavy atom. The molecule has 0 spiro atoms. The fraction of sp³-hybridized carbons (Fsp3) is 0.583. The molecule has 0 unspecified atom stereocenters. The van der Waals surface area contributed by atoms with Crippen LogP contribution in [0.25, 0.3) is 10.9 Å². The highest BCUT2D eigenvalue weighted by Gasteiger charge is 2.40. The summed E-state index contributed by atoms with van der Waals surface area (Å²) < 4.78 is 0. The standard InChI is InChI=1S/C24H33N3O3/c28-14-12-27(13-15-29)22-9-8-19-20(25-22)6-1-7-21(19)26-23(30)17-24-10-2-4-18(16-24)5-3-11-24/h1,6-9,18,28-29H,2-5,10-17H2,(H,26,30). The number of nitrogens with zero attached hydrogens (tertiary/aromatic N) is 2. The molecule has 2 aliphatic rings. The van der Waals surface area contributed by atoms with E-state index >= 15 is 0 Å². The molecule has 2 fully saturated rings. The summed E-state index contributed by atoms with van der Waals surface area (Å²) in [4.78, 5) is 19.5. The Morgan fingerprint density at radius 1 is 1.10 bits per heavy atom. The summed E-state index contributed by atoms with van der Waals surface area (Å²) >= 11 is 0. The predicted octanol–water partition coefficient (Wildman–Crippen LogP) is 3.71. The highest BCUT2D eigenvalue weighted by Crippen LogP contribution is 2.51. The van der Waals surface area contributed by atoms with E-state index in [1.807, 2.05) is 35.2 Å². The predicted molar refractivity (Wildman–Crippen MR) is 120 cm³/mol. The molecule has 6 nitrogen and oxygen atoms in total. The van der Waals surface area contributed by atoms with Crippen LogP contribution >= 0.6 is 0 Å².